The third-order valence-electron chi connectivity index (χ3n) is 6.33. The molecule has 33 heavy (non-hydrogen) atoms. The lowest BCUT2D eigenvalue weighted by Crippen LogP contribution is -2.40. The molecule has 3 aromatic rings. The summed E-state index contributed by atoms with van der Waals surface area (Å²) in [5.41, 5.74) is 10.8. The molecule has 0 radical (unpaired) electrons. The number of rotatable bonds is 7. The molecule has 172 valence electrons. The van der Waals surface area contributed by atoms with Gasteiger partial charge in [0.05, 0.1) is 45.7 Å². The fourth-order valence-corrected chi connectivity index (χ4v) is 4.29. The van der Waals surface area contributed by atoms with Gasteiger partial charge < -0.3 is 16.5 Å². The van der Waals surface area contributed by atoms with Crippen molar-refractivity contribution in [3.8, 4) is 0 Å². The Balaban J connectivity index is 1.57. The predicted molar refractivity (Wildman–Crippen MR) is 132 cm³/mol. The largest absolute Gasteiger partial charge is 0.396 e. The fraction of sp³-hybridized carbons (Fsp3) is 0.360. The number of likely N-dealkylation sites (tertiary alicyclic amines) is 1. The minimum atomic E-state index is -0.397. The first kappa shape index (κ1) is 22.8. The number of allylic oxidation sites excluding steroid dienone is 1. The zero-order valence-electron chi connectivity index (χ0n) is 19.3. The van der Waals surface area contributed by atoms with Crippen molar-refractivity contribution in [3.63, 3.8) is 0 Å². The van der Waals surface area contributed by atoms with Gasteiger partial charge in [-0.2, -0.15) is 0 Å². The molecule has 0 bridgehead atoms. The molecule has 0 amide bonds. The quantitative estimate of drug-likeness (QED) is 0.468. The second kappa shape index (κ2) is 9.23. The maximum atomic E-state index is 13.6. The molecule has 4 N–H and O–H groups in total. The number of hydrogen-bond acceptors (Lipinski definition) is 7. The van der Waals surface area contributed by atoms with Crippen molar-refractivity contribution in [1.29, 1.82) is 5.41 Å². The number of aromatic nitrogens is 3. The van der Waals surface area contributed by atoms with Crippen molar-refractivity contribution >= 4 is 34.2 Å². The number of pyridine rings is 3. The van der Waals surface area contributed by atoms with Gasteiger partial charge in [-0.1, -0.05) is 0 Å². The Kier molecular flexibility index (Phi) is 6.37. The van der Waals surface area contributed by atoms with Gasteiger partial charge in [0.25, 0.3) is 0 Å². The normalized spacial score (nSPS) is 16.6. The highest BCUT2D eigenvalue weighted by Crippen LogP contribution is 2.27. The minimum absolute atomic E-state index is 0.253. The molecule has 1 fully saturated rings. The summed E-state index contributed by atoms with van der Waals surface area (Å²) in [4.78, 5) is 15.9. The molecule has 0 aromatic carbocycles. The molecule has 0 atom stereocenters. The molecule has 1 aliphatic rings. The SMILES string of the molecule is Cc1nc(C(N)=C(C=N)c2ccc3ncc(NCCN4CCCC4(C)C)cc3n2)ccc1F. The number of halogens is 1. The maximum Gasteiger partial charge on any atom is 0.144 e. The smallest absolute Gasteiger partial charge is 0.144 e. The van der Waals surface area contributed by atoms with Gasteiger partial charge in [-0.05, 0) is 70.5 Å². The average molecular weight is 448 g/mol. The van der Waals surface area contributed by atoms with Gasteiger partial charge in [0.15, 0.2) is 0 Å². The minimum Gasteiger partial charge on any atom is -0.396 e. The highest BCUT2D eigenvalue weighted by atomic mass is 19.1. The topological polar surface area (TPSA) is 104 Å². The molecule has 3 aromatic heterocycles. The maximum absolute atomic E-state index is 13.6. The van der Waals surface area contributed by atoms with Gasteiger partial charge in [-0.15, -0.1) is 0 Å². The molecule has 4 heterocycles. The summed E-state index contributed by atoms with van der Waals surface area (Å²) in [5, 5.41) is 11.3. The van der Waals surface area contributed by atoms with Gasteiger partial charge in [0.2, 0.25) is 0 Å². The van der Waals surface area contributed by atoms with E-state index in [2.05, 4.69) is 34.0 Å². The second-order valence-electron chi connectivity index (χ2n) is 9.02. The van der Waals surface area contributed by atoms with E-state index in [9.17, 15) is 4.39 Å². The fourth-order valence-electron chi connectivity index (χ4n) is 4.29. The van der Waals surface area contributed by atoms with Crippen LogP contribution in [0.4, 0.5) is 10.1 Å². The van der Waals surface area contributed by atoms with Crippen LogP contribution in [-0.2, 0) is 0 Å². The van der Waals surface area contributed by atoms with Crippen LogP contribution in [-0.4, -0.2) is 51.2 Å². The summed E-state index contributed by atoms with van der Waals surface area (Å²) in [6.07, 6.45) is 5.44. The van der Waals surface area contributed by atoms with Crippen LogP contribution in [0.1, 0.15) is 43.8 Å². The molecule has 0 unspecified atom stereocenters. The molecular weight excluding hydrogens is 417 g/mol. The Hall–Kier alpha value is -3.39. The summed E-state index contributed by atoms with van der Waals surface area (Å²) >= 11 is 0. The summed E-state index contributed by atoms with van der Waals surface area (Å²) in [5.74, 6) is -0.397. The lowest BCUT2D eigenvalue weighted by atomic mass is 10.0. The second-order valence-corrected chi connectivity index (χ2v) is 9.02. The number of anilines is 1. The van der Waals surface area contributed by atoms with E-state index in [1.165, 1.54) is 25.0 Å². The first-order valence-electron chi connectivity index (χ1n) is 11.2. The van der Waals surface area contributed by atoms with Crippen LogP contribution in [0.15, 0.2) is 36.5 Å². The van der Waals surface area contributed by atoms with Crippen LogP contribution >= 0.6 is 0 Å². The zero-order valence-corrected chi connectivity index (χ0v) is 19.3. The van der Waals surface area contributed by atoms with Crippen LogP contribution in [0.25, 0.3) is 22.3 Å². The first-order valence-corrected chi connectivity index (χ1v) is 11.2. The van der Waals surface area contributed by atoms with E-state index in [0.29, 0.717) is 22.5 Å². The lowest BCUT2D eigenvalue weighted by molar-refractivity contribution is 0.182. The molecule has 1 aliphatic heterocycles. The highest BCUT2D eigenvalue weighted by Gasteiger charge is 2.30. The third kappa shape index (κ3) is 4.85. The summed E-state index contributed by atoms with van der Waals surface area (Å²) < 4.78 is 13.6. The number of aryl methyl sites for hydroxylation is 1. The lowest BCUT2D eigenvalue weighted by Gasteiger charge is -2.31. The molecule has 4 rings (SSSR count). The number of nitrogens with two attached hydrogens (primary N) is 1. The van der Waals surface area contributed by atoms with Crippen molar-refractivity contribution in [2.75, 3.05) is 25.0 Å². The molecule has 0 aliphatic carbocycles. The van der Waals surface area contributed by atoms with E-state index in [1.54, 1.807) is 13.0 Å². The molecule has 1 saturated heterocycles. The van der Waals surface area contributed by atoms with Gasteiger partial charge >= 0.3 is 0 Å². The Morgan fingerprint density at radius 2 is 2.00 bits per heavy atom. The van der Waals surface area contributed by atoms with Gasteiger partial charge in [-0.3, -0.25) is 9.88 Å². The van der Waals surface area contributed by atoms with Crippen molar-refractivity contribution < 1.29 is 4.39 Å². The van der Waals surface area contributed by atoms with Gasteiger partial charge in [0, 0.05) is 30.4 Å². The summed E-state index contributed by atoms with van der Waals surface area (Å²) in [7, 11) is 0. The molecule has 8 heteroatoms. The van der Waals surface area contributed by atoms with E-state index < -0.39 is 5.82 Å². The van der Waals surface area contributed by atoms with Gasteiger partial charge in [0.1, 0.15) is 5.82 Å². The van der Waals surface area contributed by atoms with E-state index >= 15 is 0 Å². The predicted octanol–water partition coefficient (Wildman–Crippen LogP) is 4.24. The highest BCUT2D eigenvalue weighted by molar-refractivity contribution is 6.17. The third-order valence-corrected chi connectivity index (χ3v) is 6.33. The van der Waals surface area contributed by atoms with E-state index in [0.717, 1.165) is 37.1 Å². The molecule has 7 nitrogen and oxygen atoms in total. The van der Waals surface area contributed by atoms with Crippen LogP contribution in [0.5, 0.6) is 0 Å². The molecular formula is C25H30FN7. The van der Waals surface area contributed by atoms with Crippen LogP contribution in [0.3, 0.4) is 0 Å². The van der Waals surface area contributed by atoms with Crippen LogP contribution in [0.2, 0.25) is 0 Å². The van der Waals surface area contributed by atoms with Crippen molar-refractivity contribution in [2.45, 2.75) is 39.2 Å². The van der Waals surface area contributed by atoms with Gasteiger partial charge in [-0.25, -0.2) is 14.4 Å². The zero-order chi connectivity index (χ0) is 23.6. The van der Waals surface area contributed by atoms with Crippen molar-refractivity contribution in [2.24, 2.45) is 5.73 Å². The van der Waals surface area contributed by atoms with E-state index in [-0.39, 0.29) is 16.9 Å². The summed E-state index contributed by atoms with van der Waals surface area (Å²) in [6.45, 7) is 9.11. The van der Waals surface area contributed by atoms with E-state index in [4.69, 9.17) is 16.1 Å². The number of fused-ring (bicyclic) bond motifs is 1. The number of nitrogens with one attached hydrogen (secondary N) is 2. The van der Waals surface area contributed by atoms with E-state index in [1.807, 2.05) is 18.3 Å². The Bertz CT molecular complexity index is 1220. The Morgan fingerprint density at radius 3 is 2.70 bits per heavy atom. The van der Waals surface area contributed by atoms with Crippen LogP contribution in [0, 0.1) is 18.2 Å². The first-order chi connectivity index (χ1) is 15.8. The van der Waals surface area contributed by atoms with Crippen LogP contribution < -0.4 is 11.1 Å². The monoisotopic (exact) mass is 447 g/mol. The average Bonchev–Trinajstić information content (AvgIpc) is 3.13. The number of nitrogens with zero attached hydrogens (tertiary/aromatic N) is 4. The Morgan fingerprint density at radius 1 is 1.21 bits per heavy atom. The van der Waals surface area contributed by atoms with Crippen molar-refractivity contribution in [3.05, 3.63) is 59.4 Å². The summed E-state index contributed by atoms with van der Waals surface area (Å²) in [6, 6.07) is 8.42. The van der Waals surface area contributed by atoms with Crippen molar-refractivity contribution in [1.82, 2.24) is 19.9 Å². The Labute approximate surface area is 193 Å². The molecule has 0 spiro atoms. The number of hydrogen-bond donors (Lipinski definition) is 3. The molecule has 0 saturated carbocycles. The standard InChI is InChI=1S/C25H30FN7/c1-16-19(26)5-6-22(31-16)24(28)18(14-27)20-7-8-21-23(32-20)13-17(15-30-21)29-10-12-33-11-4-9-25(33,2)3/h5-8,13-15,27,29H,4,9-12,28H2,1-3H3.